The van der Waals surface area contributed by atoms with Gasteiger partial charge in [0.1, 0.15) is 10.8 Å². The molecule has 2 aromatic heterocycles. The van der Waals surface area contributed by atoms with E-state index in [0.29, 0.717) is 17.1 Å². The van der Waals surface area contributed by atoms with Crippen molar-refractivity contribution in [2.45, 2.75) is 32.4 Å². The van der Waals surface area contributed by atoms with Crippen molar-refractivity contribution in [3.05, 3.63) is 34.2 Å². The second kappa shape index (κ2) is 6.03. The summed E-state index contributed by atoms with van der Waals surface area (Å²) in [4.78, 5) is 31.7. The van der Waals surface area contributed by atoms with Crippen molar-refractivity contribution in [3.8, 4) is 0 Å². The molecule has 2 amide bonds. The zero-order valence-corrected chi connectivity index (χ0v) is 14.1. The van der Waals surface area contributed by atoms with Crippen molar-refractivity contribution in [2.75, 3.05) is 18.4 Å². The van der Waals surface area contributed by atoms with E-state index in [-0.39, 0.29) is 12.5 Å². The van der Waals surface area contributed by atoms with E-state index >= 15 is 0 Å². The van der Waals surface area contributed by atoms with Gasteiger partial charge >= 0.3 is 0 Å². The lowest BCUT2D eigenvalue weighted by Gasteiger charge is -2.26. The predicted octanol–water partition coefficient (Wildman–Crippen LogP) is 0.986. The molecule has 126 valence electrons. The third kappa shape index (κ3) is 2.71. The van der Waals surface area contributed by atoms with E-state index in [2.05, 4.69) is 19.8 Å². The topological polar surface area (TPSA) is 93.2 Å². The molecule has 3 N–H and O–H groups in total. The van der Waals surface area contributed by atoms with E-state index in [4.69, 9.17) is 5.73 Å². The Morgan fingerprint density at radius 3 is 3.04 bits per heavy atom. The van der Waals surface area contributed by atoms with Crippen LogP contribution in [0.1, 0.15) is 33.0 Å². The molecule has 0 atom stereocenters. The molecule has 2 aromatic rings. The standard InChI is InChI=1S/C16H19N5O2S/c17-15(23)14-10-2-1-3-11(10)24-16(14)19-13(22)9-20-6-7-21-5-4-18-12(21)8-20/h4-5H,1-3,6-9H2,(H2,17,23)(H,19,22). The van der Waals surface area contributed by atoms with Gasteiger partial charge in [-0.25, -0.2) is 4.98 Å². The van der Waals surface area contributed by atoms with Gasteiger partial charge in [-0.05, 0) is 24.8 Å². The molecule has 0 saturated carbocycles. The first kappa shape index (κ1) is 15.3. The van der Waals surface area contributed by atoms with Crippen LogP contribution in [0.15, 0.2) is 12.4 Å². The first-order valence-electron chi connectivity index (χ1n) is 8.08. The molecule has 0 aromatic carbocycles. The Hall–Kier alpha value is -2.19. The van der Waals surface area contributed by atoms with Crippen LogP contribution < -0.4 is 11.1 Å². The van der Waals surface area contributed by atoms with Crippen molar-refractivity contribution in [1.29, 1.82) is 0 Å². The summed E-state index contributed by atoms with van der Waals surface area (Å²) in [5, 5.41) is 3.50. The van der Waals surface area contributed by atoms with Crippen LogP contribution in [0.2, 0.25) is 0 Å². The van der Waals surface area contributed by atoms with E-state index in [1.54, 1.807) is 6.20 Å². The minimum absolute atomic E-state index is 0.113. The number of hydrogen-bond donors (Lipinski definition) is 2. The van der Waals surface area contributed by atoms with Crippen LogP contribution in [-0.2, 0) is 30.7 Å². The summed E-state index contributed by atoms with van der Waals surface area (Å²) in [6.07, 6.45) is 6.63. The number of amides is 2. The van der Waals surface area contributed by atoms with Crippen molar-refractivity contribution in [1.82, 2.24) is 14.5 Å². The molecule has 24 heavy (non-hydrogen) atoms. The third-order valence-corrected chi connectivity index (χ3v) is 5.82. The van der Waals surface area contributed by atoms with Crippen molar-refractivity contribution in [2.24, 2.45) is 5.73 Å². The maximum Gasteiger partial charge on any atom is 0.251 e. The predicted molar refractivity (Wildman–Crippen MR) is 91.0 cm³/mol. The SMILES string of the molecule is NC(=O)c1c(NC(=O)CN2CCn3ccnc3C2)sc2c1CCC2. The van der Waals surface area contributed by atoms with Crippen LogP contribution in [0.3, 0.4) is 0 Å². The molecule has 1 aliphatic carbocycles. The Bertz CT molecular complexity index is 809. The Morgan fingerprint density at radius 1 is 1.33 bits per heavy atom. The zero-order chi connectivity index (χ0) is 16.7. The molecule has 2 aliphatic rings. The van der Waals surface area contributed by atoms with E-state index in [1.807, 2.05) is 6.20 Å². The van der Waals surface area contributed by atoms with E-state index in [9.17, 15) is 9.59 Å². The highest BCUT2D eigenvalue weighted by Gasteiger charge is 2.27. The van der Waals surface area contributed by atoms with Crippen LogP contribution >= 0.6 is 11.3 Å². The average Bonchev–Trinajstić information content (AvgIpc) is 3.20. The summed E-state index contributed by atoms with van der Waals surface area (Å²) in [6.45, 7) is 2.58. The number of imidazole rings is 1. The molecule has 4 rings (SSSR count). The minimum atomic E-state index is -0.454. The molecule has 1 aliphatic heterocycles. The van der Waals surface area contributed by atoms with Gasteiger partial charge in [-0.2, -0.15) is 0 Å². The lowest BCUT2D eigenvalue weighted by molar-refractivity contribution is -0.117. The monoisotopic (exact) mass is 345 g/mol. The molecule has 7 nitrogen and oxygen atoms in total. The van der Waals surface area contributed by atoms with E-state index in [1.165, 1.54) is 16.2 Å². The number of hydrogen-bond acceptors (Lipinski definition) is 5. The number of primary amides is 1. The zero-order valence-electron chi connectivity index (χ0n) is 13.2. The van der Waals surface area contributed by atoms with Gasteiger partial charge in [-0.1, -0.05) is 0 Å². The maximum absolute atomic E-state index is 12.4. The number of nitrogens with one attached hydrogen (secondary N) is 1. The fourth-order valence-corrected chi connectivity index (χ4v) is 4.79. The summed E-state index contributed by atoms with van der Waals surface area (Å²) in [7, 11) is 0. The fraction of sp³-hybridized carbons (Fsp3) is 0.438. The summed E-state index contributed by atoms with van der Waals surface area (Å²) >= 11 is 1.49. The molecule has 0 radical (unpaired) electrons. The first-order valence-corrected chi connectivity index (χ1v) is 8.90. The van der Waals surface area contributed by atoms with Crippen LogP contribution in [0.25, 0.3) is 0 Å². The molecular formula is C16H19N5O2S. The largest absolute Gasteiger partial charge is 0.365 e. The highest BCUT2D eigenvalue weighted by atomic mass is 32.1. The van der Waals surface area contributed by atoms with Crippen molar-refractivity contribution in [3.63, 3.8) is 0 Å². The quantitative estimate of drug-likeness (QED) is 0.864. The molecule has 0 saturated heterocycles. The maximum atomic E-state index is 12.4. The van der Waals surface area contributed by atoms with Crippen LogP contribution in [-0.4, -0.2) is 39.4 Å². The lowest BCUT2D eigenvalue weighted by atomic mass is 10.1. The number of carbonyl (C=O) groups is 2. The first-order chi connectivity index (χ1) is 11.6. The number of aromatic nitrogens is 2. The number of thiophene rings is 1. The molecule has 3 heterocycles. The van der Waals surface area contributed by atoms with Gasteiger partial charge in [0.15, 0.2) is 0 Å². The summed E-state index contributed by atoms with van der Waals surface area (Å²) < 4.78 is 2.10. The summed E-state index contributed by atoms with van der Waals surface area (Å²) in [5.74, 6) is 0.407. The van der Waals surface area contributed by atoms with Crippen molar-refractivity contribution >= 4 is 28.2 Å². The van der Waals surface area contributed by atoms with E-state index < -0.39 is 5.91 Å². The number of nitrogens with zero attached hydrogens (tertiary/aromatic N) is 3. The van der Waals surface area contributed by atoms with Gasteiger partial charge in [-0.15, -0.1) is 11.3 Å². The Labute approximate surface area is 143 Å². The lowest BCUT2D eigenvalue weighted by Crippen LogP contribution is -2.39. The highest BCUT2D eigenvalue weighted by molar-refractivity contribution is 7.17. The molecular weight excluding hydrogens is 326 g/mol. The van der Waals surface area contributed by atoms with Crippen LogP contribution in [0.4, 0.5) is 5.00 Å². The number of aryl methyl sites for hydroxylation is 1. The smallest absolute Gasteiger partial charge is 0.251 e. The number of nitrogens with two attached hydrogens (primary N) is 1. The molecule has 0 bridgehead atoms. The van der Waals surface area contributed by atoms with E-state index in [0.717, 1.165) is 43.7 Å². The second-order valence-electron chi connectivity index (χ2n) is 6.22. The fourth-order valence-electron chi connectivity index (χ4n) is 3.48. The average molecular weight is 345 g/mol. The molecule has 0 fully saturated rings. The van der Waals surface area contributed by atoms with Gasteiger partial charge in [0.25, 0.3) is 5.91 Å². The Kier molecular flexibility index (Phi) is 3.85. The van der Waals surface area contributed by atoms with Crippen LogP contribution in [0, 0.1) is 0 Å². The summed E-state index contributed by atoms with van der Waals surface area (Å²) in [6, 6.07) is 0. The number of anilines is 1. The summed E-state index contributed by atoms with van der Waals surface area (Å²) in [5.41, 5.74) is 7.07. The van der Waals surface area contributed by atoms with Crippen LogP contribution in [0.5, 0.6) is 0 Å². The van der Waals surface area contributed by atoms with Gasteiger partial charge in [-0.3, -0.25) is 14.5 Å². The number of carbonyl (C=O) groups excluding carboxylic acids is 2. The van der Waals surface area contributed by atoms with Crippen molar-refractivity contribution < 1.29 is 9.59 Å². The number of fused-ring (bicyclic) bond motifs is 2. The normalized spacial score (nSPS) is 16.7. The van der Waals surface area contributed by atoms with Gasteiger partial charge in [0, 0.05) is 30.4 Å². The minimum Gasteiger partial charge on any atom is -0.365 e. The second-order valence-corrected chi connectivity index (χ2v) is 7.33. The van der Waals surface area contributed by atoms with Gasteiger partial charge in [0.2, 0.25) is 5.91 Å². The molecule has 0 unspecified atom stereocenters. The Morgan fingerprint density at radius 2 is 2.21 bits per heavy atom. The third-order valence-electron chi connectivity index (χ3n) is 4.61. The Balaban J connectivity index is 1.45. The van der Waals surface area contributed by atoms with Gasteiger partial charge < -0.3 is 15.6 Å². The number of rotatable bonds is 4. The molecule has 0 spiro atoms. The van der Waals surface area contributed by atoms with Gasteiger partial charge in [0.05, 0.1) is 18.7 Å². The molecule has 8 heteroatoms. The highest BCUT2D eigenvalue weighted by Crippen LogP contribution is 2.38.